The molecule has 0 aromatic heterocycles. The van der Waals surface area contributed by atoms with Crippen molar-refractivity contribution in [2.75, 3.05) is 25.0 Å². The Bertz CT molecular complexity index is 599. The highest BCUT2D eigenvalue weighted by Crippen LogP contribution is 2.63. The minimum atomic E-state index is 0.296. The molecule has 5 rings (SSSR count). The minimum Gasteiger partial charge on any atom is -0.396 e. The Morgan fingerprint density at radius 1 is 1.18 bits per heavy atom. The molecule has 118 valence electrons. The van der Waals surface area contributed by atoms with Crippen LogP contribution in [0.3, 0.4) is 0 Å². The van der Waals surface area contributed by atoms with Crippen LogP contribution in [-0.4, -0.2) is 41.8 Å². The quantitative estimate of drug-likeness (QED) is 0.881. The van der Waals surface area contributed by atoms with Gasteiger partial charge in [0.1, 0.15) is 0 Å². The van der Waals surface area contributed by atoms with E-state index < -0.39 is 0 Å². The van der Waals surface area contributed by atoms with Crippen molar-refractivity contribution in [2.24, 2.45) is 5.41 Å². The molecule has 4 aliphatic rings. The van der Waals surface area contributed by atoms with Crippen molar-refractivity contribution in [3.05, 3.63) is 29.8 Å². The molecule has 0 unspecified atom stereocenters. The molecule has 2 saturated heterocycles. The summed E-state index contributed by atoms with van der Waals surface area (Å²) >= 11 is 0. The third-order valence-corrected chi connectivity index (χ3v) is 7.29. The van der Waals surface area contributed by atoms with E-state index in [-0.39, 0.29) is 0 Å². The first kappa shape index (κ1) is 13.4. The van der Waals surface area contributed by atoms with Crippen molar-refractivity contribution in [3.63, 3.8) is 0 Å². The summed E-state index contributed by atoms with van der Waals surface area (Å²) in [6.07, 6.45) is 7.45. The molecule has 22 heavy (non-hydrogen) atoms. The number of nitrogens with one attached hydrogen (secondary N) is 1. The second kappa shape index (κ2) is 4.48. The van der Waals surface area contributed by atoms with Gasteiger partial charge < -0.3 is 10.4 Å². The number of fused-ring (bicyclic) bond motifs is 1. The Balaban J connectivity index is 1.69. The zero-order valence-corrected chi connectivity index (χ0v) is 13.2. The predicted octanol–water partition coefficient (Wildman–Crippen LogP) is 2.75. The molecule has 4 atom stereocenters. The zero-order chi connectivity index (χ0) is 14.8. The summed E-state index contributed by atoms with van der Waals surface area (Å²) in [5, 5.41) is 13.6. The van der Waals surface area contributed by atoms with Gasteiger partial charge in [-0.1, -0.05) is 18.2 Å². The Hall–Kier alpha value is -1.06. The molecule has 1 aliphatic carbocycles. The van der Waals surface area contributed by atoms with E-state index in [9.17, 15) is 5.11 Å². The maximum atomic E-state index is 9.74. The summed E-state index contributed by atoms with van der Waals surface area (Å²) in [6, 6.07) is 10.2. The molecule has 3 heteroatoms. The first-order valence-electron chi connectivity index (χ1n) is 9.01. The Morgan fingerprint density at radius 2 is 2.09 bits per heavy atom. The number of nitrogens with zero attached hydrogens (tertiary/aromatic N) is 1. The minimum absolute atomic E-state index is 0.296. The van der Waals surface area contributed by atoms with E-state index in [0.29, 0.717) is 29.5 Å². The number of hydrogen-bond donors (Lipinski definition) is 2. The highest BCUT2D eigenvalue weighted by atomic mass is 16.3. The zero-order valence-electron chi connectivity index (χ0n) is 13.2. The maximum absolute atomic E-state index is 9.74. The van der Waals surface area contributed by atoms with Gasteiger partial charge in [0, 0.05) is 29.8 Å². The second-order valence-electron chi connectivity index (χ2n) is 7.95. The largest absolute Gasteiger partial charge is 0.396 e. The molecule has 1 saturated carbocycles. The van der Waals surface area contributed by atoms with Crippen molar-refractivity contribution >= 4 is 5.69 Å². The number of hydrogen-bond acceptors (Lipinski definition) is 3. The van der Waals surface area contributed by atoms with Crippen molar-refractivity contribution < 1.29 is 5.11 Å². The van der Waals surface area contributed by atoms with Gasteiger partial charge >= 0.3 is 0 Å². The molecule has 3 fully saturated rings. The summed E-state index contributed by atoms with van der Waals surface area (Å²) in [6.45, 7) is 2.85. The number of benzene rings is 1. The predicted molar refractivity (Wildman–Crippen MR) is 88.1 cm³/mol. The smallest absolute Gasteiger partial charge is 0.0436 e. The van der Waals surface area contributed by atoms with Crippen LogP contribution in [0.25, 0.3) is 0 Å². The van der Waals surface area contributed by atoms with Crippen LogP contribution >= 0.6 is 0 Å². The fourth-order valence-corrected chi connectivity index (χ4v) is 6.66. The summed E-state index contributed by atoms with van der Waals surface area (Å²) in [7, 11) is 0. The molecular formula is C19H26N2O. The van der Waals surface area contributed by atoms with Gasteiger partial charge in [-0.2, -0.15) is 0 Å². The third kappa shape index (κ3) is 1.45. The first-order chi connectivity index (χ1) is 10.8. The molecule has 1 spiro atoms. The summed E-state index contributed by atoms with van der Waals surface area (Å²) in [5.41, 5.74) is 3.58. The van der Waals surface area contributed by atoms with E-state index in [0.717, 1.165) is 6.42 Å². The Kier molecular flexibility index (Phi) is 2.73. The first-order valence-corrected chi connectivity index (χ1v) is 9.01. The lowest BCUT2D eigenvalue weighted by molar-refractivity contribution is -0.0422. The van der Waals surface area contributed by atoms with Crippen LogP contribution in [0.15, 0.2) is 24.3 Å². The van der Waals surface area contributed by atoms with Gasteiger partial charge in [0.05, 0.1) is 0 Å². The molecule has 3 aliphatic heterocycles. The number of aliphatic hydroxyl groups is 1. The SMILES string of the molecule is OCC[C@@]12CCCN3CC[C@]4(c5ccccc5N[C@@H]4CC1)[C@H]32. The molecule has 0 radical (unpaired) electrons. The fourth-order valence-electron chi connectivity index (χ4n) is 6.66. The van der Waals surface area contributed by atoms with Crippen LogP contribution < -0.4 is 5.32 Å². The van der Waals surface area contributed by atoms with Crippen LogP contribution in [0.4, 0.5) is 5.69 Å². The highest BCUT2D eigenvalue weighted by molar-refractivity contribution is 5.64. The highest BCUT2D eigenvalue weighted by Gasteiger charge is 2.66. The molecule has 1 aromatic rings. The van der Waals surface area contributed by atoms with Gasteiger partial charge in [-0.25, -0.2) is 0 Å². The lowest BCUT2D eigenvalue weighted by atomic mass is 9.52. The monoisotopic (exact) mass is 298 g/mol. The third-order valence-electron chi connectivity index (χ3n) is 7.29. The van der Waals surface area contributed by atoms with Gasteiger partial charge in [0.2, 0.25) is 0 Å². The van der Waals surface area contributed by atoms with Gasteiger partial charge in [0.25, 0.3) is 0 Å². The van der Waals surface area contributed by atoms with Gasteiger partial charge in [0.15, 0.2) is 0 Å². The van der Waals surface area contributed by atoms with E-state index in [1.807, 2.05) is 0 Å². The number of rotatable bonds is 2. The molecule has 1 aromatic carbocycles. The molecule has 2 N–H and O–H groups in total. The molecule has 3 nitrogen and oxygen atoms in total. The normalized spacial score (nSPS) is 42.4. The van der Waals surface area contributed by atoms with E-state index in [1.54, 1.807) is 5.56 Å². The average molecular weight is 298 g/mol. The topological polar surface area (TPSA) is 35.5 Å². The standard InChI is InChI=1S/C19H26N2O/c22-13-10-18-7-3-11-21-12-9-19(17(18)21)14-4-1-2-5-15(14)20-16(19)6-8-18/h1-2,4-5,16-17,20,22H,3,6-13H2/t16-,17-,18-,19-/m1/s1. The van der Waals surface area contributed by atoms with Crippen LogP contribution in [-0.2, 0) is 5.41 Å². The van der Waals surface area contributed by atoms with Crippen molar-refractivity contribution in [1.82, 2.24) is 4.90 Å². The molecule has 0 amide bonds. The number of piperidine rings is 1. The van der Waals surface area contributed by atoms with Crippen LogP contribution in [0, 0.1) is 5.41 Å². The van der Waals surface area contributed by atoms with Gasteiger partial charge in [-0.05, 0) is 68.7 Å². The molecular weight excluding hydrogens is 272 g/mol. The summed E-state index contributed by atoms with van der Waals surface area (Å²) in [5.74, 6) is 0. The van der Waals surface area contributed by atoms with Crippen LogP contribution in [0.5, 0.6) is 0 Å². The fraction of sp³-hybridized carbons (Fsp3) is 0.684. The maximum Gasteiger partial charge on any atom is 0.0436 e. The summed E-state index contributed by atoms with van der Waals surface area (Å²) in [4.78, 5) is 2.77. The van der Waals surface area contributed by atoms with E-state index >= 15 is 0 Å². The Labute approximate surface area is 132 Å². The van der Waals surface area contributed by atoms with Crippen molar-refractivity contribution in [2.45, 2.75) is 56.0 Å². The number of anilines is 1. The van der Waals surface area contributed by atoms with Crippen LogP contribution in [0.1, 0.15) is 44.1 Å². The second-order valence-corrected chi connectivity index (χ2v) is 7.95. The average Bonchev–Trinajstić information content (AvgIpc) is 3.09. The molecule has 3 heterocycles. The van der Waals surface area contributed by atoms with Crippen molar-refractivity contribution in [3.8, 4) is 0 Å². The van der Waals surface area contributed by atoms with Gasteiger partial charge in [-0.15, -0.1) is 0 Å². The van der Waals surface area contributed by atoms with Crippen molar-refractivity contribution in [1.29, 1.82) is 0 Å². The Morgan fingerprint density at radius 3 is 3.00 bits per heavy atom. The lowest BCUT2D eigenvalue weighted by Gasteiger charge is -2.58. The molecule has 0 bridgehead atoms. The van der Waals surface area contributed by atoms with E-state index in [2.05, 4.69) is 34.5 Å². The van der Waals surface area contributed by atoms with Crippen LogP contribution in [0.2, 0.25) is 0 Å². The van der Waals surface area contributed by atoms with Gasteiger partial charge in [-0.3, -0.25) is 4.90 Å². The number of para-hydroxylation sites is 1. The van der Waals surface area contributed by atoms with E-state index in [1.165, 1.54) is 50.9 Å². The number of aliphatic hydroxyl groups excluding tert-OH is 1. The summed E-state index contributed by atoms with van der Waals surface area (Å²) < 4.78 is 0. The van der Waals surface area contributed by atoms with E-state index in [4.69, 9.17) is 0 Å². The lowest BCUT2D eigenvalue weighted by Crippen LogP contribution is -2.63.